The molecular weight excluding hydrogens is 376 g/mol. The molecule has 0 atom stereocenters. The number of barbiturate groups is 1. The summed E-state index contributed by atoms with van der Waals surface area (Å²) in [6.45, 7) is 3.81. The molecule has 0 unspecified atom stereocenters. The average molecular weight is 394 g/mol. The van der Waals surface area contributed by atoms with Crippen LogP contribution < -0.4 is 9.47 Å². The molecule has 2 aliphatic heterocycles. The summed E-state index contributed by atoms with van der Waals surface area (Å²) in [6, 6.07) is 2.99. The number of imide groups is 2. The van der Waals surface area contributed by atoms with E-state index in [1.165, 1.54) is 23.5 Å². The zero-order chi connectivity index (χ0) is 19.0. The Morgan fingerprint density at radius 2 is 1.27 bits per heavy atom. The Balaban J connectivity index is 2.11. The second-order valence-electron chi connectivity index (χ2n) is 5.38. The summed E-state index contributed by atoms with van der Waals surface area (Å²) in [4.78, 5) is 41.7. The van der Waals surface area contributed by atoms with Crippen molar-refractivity contribution in [1.29, 1.82) is 0 Å². The zero-order valence-electron chi connectivity index (χ0n) is 14.8. The van der Waals surface area contributed by atoms with Gasteiger partial charge in [0.1, 0.15) is 17.1 Å². The number of methoxy groups -OCH3 is 2. The zero-order valence-corrected chi connectivity index (χ0v) is 16.5. The number of carbonyl (C=O) groups excluding carboxylic acids is 3. The number of likely N-dealkylation sites (N-methyl/N-ethyl adjacent to an activating group) is 2. The third-order valence-corrected chi connectivity index (χ3v) is 6.71. The Morgan fingerprint density at radius 3 is 1.62 bits per heavy atom. The number of hydrogen-bond donors (Lipinski definition) is 0. The fourth-order valence-electron chi connectivity index (χ4n) is 2.76. The summed E-state index contributed by atoms with van der Waals surface area (Å²) in [7, 11) is 3.12. The number of ether oxygens (including phenoxy) is 2. The van der Waals surface area contributed by atoms with Crippen molar-refractivity contribution in [2.75, 3.05) is 27.3 Å². The van der Waals surface area contributed by atoms with Crippen molar-refractivity contribution >= 4 is 41.4 Å². The minimum Gasteiger partial charge on any atom is -0.496 e. The lowest BCUT2D eigenvalue weighted by atomic mass is 10.2. The highest BCUT2D eigenvalue weighted by molar-refractivity contribution is 8.25. The first-order valence-corrected chi connectivity index (χ1v) is 9.64. The molecule has 0 aliphatic carbocycles. The van der Waals surface area contributed by atoms with Gasteiger partial charge in [-0.05, 0) is 26.0 Å². The van der Waals surface area contributed by atoms with Gasteiger partial charge < -0.3 is 9.47 Å². The van der Waals surface area contributed by atoms with Gasteiger partial charge in [-0.25, -0.2) is 4.79 Å². The highest BCUT2D eigenvalue weighted by Crippen LogP contribution is 2.59. The van der Waals surface area contributed by atoms with E-state index in [1.807, 2.05) is 0 Å². The molecule has 0 radical (unpaired) electrons. The lowest BCUT2D eigenvalue weighted by Crippen LogP contribution is -2.56. The molecule has 2 heterocycles. The smallest absolute Gasteiger partial charge is 0.333 e. The molecule has 2 aliphatic rings. The third kappa shape index (κ3) is 2.75. The van der Waals surface area contributed by atoms with Gasteiger partial charge in [0.15, 0.2) is 0 Å². The molecule has 1 aromatic carbocycles. The fourth-order valence-corrected chi connectivity index (χ4v) is 5.49. The van der Waals surface area contributed by atoms with Crippen LogP contribution in [0.25, 0.3) is 0 Å². The van der Waals surface area contributed by atoms with Crippen molar-refractivity contribution in [2.24, 2.45) is 0 Å². The Kier molecular flexibility index (Phi) is 5.19. The van der Waals surface area contributed by atoms with E-state index in [4.69, 9.17) is 9.47 Å². The number of rotatable bonds is 4. The van der Waals surface area contributed by atoms with Crippen LogP contribution in [0.5, 0.6) is 11.5 Å². The van der Waals surface area contributed by atoms with Crippen molar-refractivity contribution in [1.82, 2.24) is 9.80 Å². The van der Waals surface area contributed by atoms with E-state index in [0.717, 1.165) is 19.6 Å². The van der Waals surface area contributed by atoms with E-state index in [-0.39, 0.29) is 18.7 Å². The molecule has 3 rings (SSSR count). The Hall–Kier alpha value is -2.13. The van der Waals surface area contributed by atoms with E-state index >= 15 is 0 Å². The van der Waals surface area contributed by atoms with Gasteiger partial charge in [0.2, 0.25) is 0 Å². The highest BCUT2D eigenvalue weighted by Gasteiger charge is 2.44. The molecule has 26 heavy (non-hydrogen) atoms. The molecule has 138 valence electrons. The van der Waals surface area contributed by atoms with Gasteiger partial charge >= 0.3 is 6.03 Å². The van der Waals surface area contributed by atoms with Crippen LogP contribution in [0, 0.1) is 0 Å². The summed E-state index contributed by atoms with van der Waals surface area (Å²) in [6.07, 6.45) is 0. The number of benzene rings is 1. The molecule has 0 bridgehead atoms. The first kappa shape index (κ1) is 18.7. The van der Waals surface area contributed by atoms with Crippen molar-refractivity contribution in [3.05, 3.63) is 21.9 Å². The number of urea groups is 1. The molecule has 0 N–H and O–H groups in total. The van der Waals surface area contributed by atoms with E-state index < -0.39 is 17.8 Å². The summed E-state index contributed by atoms with van der Waals surface area (Å²) < 4.78 is 11.3. The minimum absolute atomic E-state index is 0.0172. The van der Waals surface area contributed by atoms with E-state index in [2.05, 4.69) is 0 Å². The third-order valence-electron chi connectivity index (χ3n) is 4.09. The molecule has 4 amide bonds. The molecule has 1 saturated heterocycles. The van der Waals surface area contributed by atoms with Crippen LogP contribution in [0.15, 0.2) is 31.7 Å². The van der Waals surface area contributed by atoms with Crippen LogP contribution in [-0.4, -0.2) is 55.0 Å². The van der Waals surface area contributed by atoms with Crippen LogP contribution in [-0.2, 0) is 9.59 Å². The first-order chi connectivity index (χ1) is 12.5. The topological polar surface area (TPSA) is 76.2 Å². The van der Waals surface area contributed by atoms with Gasteiger partial charge in [0, 0.05) is 13.1 Å². The minimum atomic E-state index is -0.574. The second kappa shape index (κ2) is 7.24. The SMILES string of the molecule is CCN1C(=O)C(=C2Sc3c(OC)ccc(OC)c3S2)C(=O)N(CC)C1=O. The van der Waals surface area contributed by atoms with Crippen molar-refractivity contribution < 1.29 is 23.9 Å². The molecule has 0 saturated carbocycles. The fraction of sp³-hybridized carbons (Fsp3) is 0.353. The van der Waals surface area contributed by atoms with Gasteiger partial charge in [-0.3, -0.25) is 19.4 Å². The maximum Gasteiger partial charge on any atom is 0.333 e. The molecule has 1 fully saturated rings. The summed E-state index contributed by atoms with van der Waals surface area (Å²) >= 11 is 2.58. The Bertz CT molecular complexity index is 774. The Labute approximate surface area is 159 Å². The van der Waals surface area contributed by atoms with Gasteiger partial charge in [-0.1, -0.05) is 23.5 Å². The van der Waals surface area contributed by atoms with E-state index in [1.54, 1.807) is 40.2 Å². The highest BCUT2D eigenvalue weighted by atomic mass is 32.2. The maximum absolute atomic E-state index is 12.8. The van der Waals surface area contributed by atoms with Gasteiger partial charge in [-0.2, -0.15) is 0 Å². The number of hydrogen-bond acceptors (Lipinski definition) is 7. The molecular formula is C17H18N2O5S2. The largest absolute Gasteiger partial charge is 0.496 e. The number of nitrogens with zero attached hydrogens (tertiary/aromatic N) is 2. The maximum atomic E-state index is 12.8. The van der Waals surface area contributed by atoms with Crippen LogP contribution >= 0.6 is 23.5 Å². The lowest BCUT2D eigenvalue weighted by molar-refractivity contribution is -0.135. The lowest BCUT2D eigenvalue weighted by Gasteiger charge is -2.33. The normalized spacial score (nSPS) is 17.2. The van der Waals surface area contributed by atoms with Crippen molar-refractivity contribution in [2.45, 2.75) is 23.6 Å². The van der Waals surface area contributed by atoms with Gasteiger partial charge in [-0.15, -0.1) is 0 Å². The molecule has 9 heteroatoms. The van der Waals surface area contributed by atoms with E-state index in [0.29, 0.717) is 15.7 Å². The van der Waals surface area contributed by atoms with Crippen LogP contribution in [0.2, 0.25) is 0 Å². The number of amides is 4. The van der Waals surface area contributed by atoms with Crippen molar-refractivity contribution in [3.63, 3.8) is 0 Å². The second-order valence-corrected chi connectivity index (χ2v) is 7.68. The quantitative estimate of drug-likeness (QED) is 0.574. The summed E-state index contributed by atoms with van der Waals surface area (Å²) in [5.41, 5.74) is 0.0172. The van der Waals surface area contributed by atoms with Crippen LogP contribution in [0.4, 0.5) is 4.79 Å². The monoisotopic (exact) mass is 394 g/mol. The van der Waals surface area contributed by atoms with E-state index in [9.17, 15) is 14.4 Å². The van der Waals surface area contributed by atoms with Crippen LogP contribution in [0.3, 0.4) is 0 Å². The summed E-state index contributed by atoms with van der Waals surface area (Å²) in [5.74, 6) is 0.154. The van der Waals surface area contributed by atoms with Crippen molar-refractivity contribution in [3.8, 4) is 11.5 Å². The predicted molar refractivity (Wildman–Crippen MR) is 98.5 cm³/mol. The number of thioether (sulfide) groups is 2. The van der Waals surface area contributed by atoms with Gasteiger partial charge in [0.05, 0.1) is 28.2 Å². The molecule has 0 aromatic heterocycles. The molecule has 7 nitrogen and oxygen atoms in total. The average Bonchev–Trinajstić information content (AvgIpc) is 3.06. The number of carbonyl (C=O) groups is 3. The van der Waals surface area contributed by atoms with Crippen LogP contribution in [0.1, 0.15) is 13.8 Å². The molecule has 0 spiro atoms. The number of fused-ring (bicyclic) bond motifs is 1. The molecule has 1 aromatic rings. The standard InChI is InChI=1S/C17H18N2O5S2/c1-5-18-14(20)11(15(21)19(6-2)17(18)22)16-25-12-9(23-3)7-8-10(24-4)13(12)26-16/h7-8H,5-6H2,1-4H3. The Morgan fingerprint density at radius 1 is 0.846 bits per heavy atom. The summed E-state index contributed by atoms with van der Waals surface area (Å²) in [5, 5.41) is 0. The first-order valence-electron chi connectivity index (χ1n) is 8.01. The predicted octanol–water partition coefficient (Wildman–Crippen LogP) is 2.94. The van der Waals surface area contributed by atoms with Gasteiger partial charge in [0.25, 0.3) is 11.8 Å².